The van der Waals surface area contributed by atoms with Crippen molar-refractivity contribution in [3.8, 4) is 11.5 Å². The Bertz CT molecular complexity index is 499. The number of carbonyl (C=O) groups excluding carboxylic acids is 1. The van der Waals surface area contributed by atoms with Crippen molar-refractivity contribution < 1.29 is 19.4 Å². The first-order chi connectivity index (χ1) is 9.74. The molecule has 0 saturated carbocycles. The summed E-state index contributed by atoms with van der Waals surface area (Å²) in [5.74, 6) is 1.04. The maximum absolute atomic E-state index is 11.7. The monoisotopic (exact) mass is 277 g/mol. The highest BCUT2D eigenvalue weighted by Crippen LogP contribution is 2.30. The fourth-order valence-corrected chi connectivity index (χ4v) is 2.08. The van der Waals surface area contributed by atoms with Crippen molar-refractivity contribution in [1.82, 2.24) is 5.32 Å². The molecule has 0 aromatic heterocycles. The van der Waals surface area contributed by atoms with Crippen LogP contribution in [0.2, 0.25) is 0 Å². The number of amides is 1. The van der Waals surface area contributed by atoms with Gasteiger partial charge in [-0.2, -0.15) is 0 Å². The van der Waals surface area contributed by atoms with Gasteiger partial charge in [-0.3, -0.25) is 4.79 Å². The standard InChI is InChI=1S/C15H19NO4/c1-19-14-10-11(4-3-9-17)6-7-12(14)20-13-5-2-8-16-15(13)18/h3-4,6-7,10,13,17H,2,5,8-9H2,1H3,(H,16,18)/b4-3+. The highest BCUT2D eigenvalue weighted by Gasteiger charge is 2.24. The quantitative estimate of drug-likeness (QED) is 0.852. The van der Waals surface area contributed by atoms with Crippen molar-refractivity contribution in [3.63, 3.8) is 0 Å². The van der Waals surface area contributed by atoms with Gasteiger partial charge in [0.15, 0.2) is 17.6 Å². The van der Waals surface area contributed by atoms with Gasteiger partial charge >= 0.3 is 0 Å². The van der Waals surface area contributed by atoms with Crippen LogP contribution in [0.5, 0.6) is 11.5 Å². The van der Waals surface area contributed by atoms with E-state index < -0.39 is 6.10 Å². The van der Waals surface area contributed by atoms with Crippen molar-refractivity contribution in [2.45, 2.75) is 18.9 Å². The minimum absolute atomic E-state index is 0.0111. The molecule has 1 fully saturated rings. The fourth-order valence-electron chi connectivity index (χ4n) is 2.08. The van der Waals surface area contributed by atoms with E-state index >= 15 is 0 Å². The van der Waals surface area contributed by atoms with Gasteiger partial charge in [-0.1, -0.05) is 18.2 Å². The number of rotatable bonds is 5. The summed E-state index contributed by atoms with van der Waals surface area (Å²) in [6, 6.07) is 5.44. The molecule has 1 amide bonds. The smallest absolute Gasteiger partial charge is 0.261 e. The number of piperidine rings is 1. The second-order valence-electron chi connectivity index (χ2n) is 4.53. The van der Waals surface area contributed by atoms with E-state index in [2.05, 4.69) is 5.32 Å². The molecule has 1 saturated heterocycles. The maximum Gasteiger partial charge on any atom is 0.261 e. The number of hydrogen-bond acceptors (Lipinski definition) is 4. The third kappa shape index (κ3) is 3.51. The van der Waals surface area contributed by atoms with E-state index in [0.29, 0.717) is 24.5 Å². The zero-order valence-corrected chi connectivity index (χ0v) is 11.5. The average molecular weight is 277 g/mol. The van der Waals surface area contributed by atoms with Gasteiger partial charge in [0, 0.05) is 6.54 Å². The SMILES string of the molecule is COc1cc(/C=C/CO)ccc1OC1CCCNC1=O. The number of aliphatic hydroxyl groups excluding tert-OH is 1. The van der Waals surface area contributed by atoms with E-state index in [1.54, 1.807) is 25.3 Å². The van der Waals surface area contributed by atoms with Gasteiger partial charge in [0.25, 0.3) is 5.91 Å². The van der Waals surface area contributed by atoms with Crippen LogP contribution in [0.4, 0.5) is 0 Å². The van der Waals surface area contributed by atoms with Crippen molar-refractivity contribution in [2.75, 3.05) is 20.3 Å². The topological polar surface area (TPSA) is 67.8 Å². The highest BCUT2D eigenvalue weighted by molar-refractivity contribution is 5.81. The van der Waals surface area contributed by atoms with Crippen LogP contribution in [-0.4, -0.2) is 37.4 Å². The van der Waals surface area contributed by atoms with Crippen molar-refractivity contribution in [1.29, 1.82) is 0 Å². The van der Waals surface area contributed by atoms with E-state index in [9.17, 15) is 4.79 Å². The van der Waals surface area contributed by atoms with E-state index in [1.807, 2.05) is 12.1 Å². The van der Waals surface area contributed by atoms with Gasteiger partial charge in [-0.05, 0) is 30.5 Å². The minimum atomic E-state index is -0.462. The average Bonchev–Trinajstić information content (AvgIpc) is 2.48. The van der Waals surface area contributed by atoms with Crippen LogP contribution in [0.15, 0.2) is 24.3 Å². The largest absolute Gasteiger partial charge is 0.493 e. The van der Waals surface area contributed by atoms with E-state index in [-0.39, 0.29) is 12.5 Å². The first kappa shape index (κ1) is 14.4. The molecule has 5 nitrogen and oxygen atoms in total. The molecule has 2 N–H and O–H groups in total. The van der Waals surface area contributed by atoms with Crippen LogP contribution in [-0.2, 0) is 4.79 Å². The molecule has 0 spiro atoms. The molecular formula is C15H19NO4. The van der Waals surface area contributed by atoms with Crippen LogP contribution in [0.25, 0.3) is 6.08 Å². The highest BCUT2D eigenvalue weighted by atomic mass is 16.5. The molecule has 5 heteroatoms. The summed E-state index contributed by atoms with van der Waals surface area (Å²) < 4.78 is 11.0. The second kappa shape index (κ2) is 6.96. The maximum atomic E-state index is 11.7. The Morgan fingerprint density at radius 1 is 1.45 bits per heavy atom. The third-order valence-electron chi connectivity index (χ3n) is 3.11. The lowest BCUT2D eigenvalue weighted by Crippen LogP contribution is -2.43. The number of carbonyl (C=O) groups is 1. The molecule has 1 aliphatic rings. The summed E-state index contributed by atoms with van der Waals surface area (Å²) in [5, 5.41) is 11.6. The molecule has 1 aromatic carbocycles. The lowest BCUT2D eigenvalue weighted by Gasteiger charge is -2.23. The van der Waals surface area contributed by atoms with Crippen LogP contribution in [0, 0.1) is 0 Å². The van der Waals surface area contributed by atoms with Crippen LogP contribution in [0.3, 0.4) is 0 Å². The van der Waals surface area contributed by atoms with E-state index in [4.69, 9.17) is 14.6 Å². The molecule has 0 aliphatic carbocycles. The molecule has 0 radical (unpaired) electrons. The minimum Gasteiger partial charge on any atom is -0.493 e. The Kier molecular flexibility index (Phi) is 5.01. The summed E-state index contributed by atoms with van der Waals surface area (Å²) >= 11 is 0. The molecule has 1 heterocycles. The molecule has 1 aromatic rings. The van der Waals surface area contributed by atoms with Gasteiger partial charge in [0.05, 0.1) is 13.7 Å². The Morgan fingerprint density at radius 2 is 2.30 bits per heavy atom. The van der Waals surface area contributed by atoms with Crippen molar-refractivity contribution in [2.24, 2.45) is 0 Å². The number of methoxy groups -OCH3 is 1. The second-order valence-corrected chi connectivity index (χ2v) is 4.53. The predicted octanol–water partition coefficient (Wildman–Crippen LogP) is 1.36. The van der Waals surface area contributed by atoms with Crippen molar-refractivity contribution in [3.05, 3.63) is 29.8 Å². The van der Waals surface area contributed by atoms with Gasteiger partial charge in [-0.25, -0.2) is 0 Å². The first-order valence-corrected chi connectivity index (χ1v) is 6.64. The molecule has 2 rings (SSSR count). The summed E-state index contributed by atoms with van der Waals surface area (Å²) in [6.45, 7) is 0.698. The summed E-state index contributed by atoms with van der Waals surface area (Å²) in [4.78, 5) is 11.7. The Hall–Kier alpha value is -2.01. The zero-order valence-electron chi connectivity index (χ0n) is 11.5. The van der Waals surface area contributed by atoms with Crippen molar-refractivity contribution >= 4 is 12.0 Å². The molecule has 108 valence electrons. The van der Waals surface area contributed by atoms with Gasteiger partial charge in [0.2, 0.25) is 0 Å². The Morgan fingerprint density at radius 3 is 3.00 bits per heavy atom. The van der Waals surface area contributed by atoms with E-state index in [1.165, 1.54) is 0 Å². The lowest BCUT2D eigenvalue weighted by molar-refractivity contribution is -0.129. The summed E-state index contributed by atoms with van der Waals surface area (Å²) in [5.41, 5.74) is 0.899. The molecule has 1 atom stereocenters. The molecule has 1 aliphatic heterocycles. The van der Waals surface area contributed by atoms with Crippen LogP contribution < -0.4 is 14.8 Å². The molecular weight excluding hydrogens is 258 g/mol. The Balaban J connectivity index is 2.14. The van der Waals surface area contributed by atoms with Gasteiger partial charge in [-0.15, -0.1) is 0 Å². The number of aliphatic hydroxyl groups is 1. The first-order valence-electron chi connectivity index (χ1n) is 6.64. The van der Waals surface area contributed by atoms with E-state index in [0.717, 1.165) is 12.0 Å². The number of benzene rings is 1. The fraction of sp³-hybridized carbons (Fsp3) is 0.400. The molecule has 1 unspecified atom stereocenters. The lowest BCUT2D eigenvalue weighted by atomic mass is 10.1. The molecule has 20 heavy (non-hydrogen) atoms. The summed E-state index contributed by atoms with van der Waals surface area (Å²) in [7, 11) is 1.56. The van der Waals surface area contributed by atoms with Crippen LogP contribution >= 0.6 is 0 Å². The molecule has 0 bridgehead atoms. The Labute approximate surface area is 118 Å². The zero-order chi connectivity index (χ0) is 14.4. The predicted molar refractivity (Wildman–Crippen MR) is 75.8 cm³/mol. The normalized spacial score (nSPS) is 18.9. The third-order valence-corrected chi connectivity index (χ3v) is 3.11. The summed E-state index contributed by atoms with van der Waals surface area (Å²) in [6.07, 6.45) is 4.59. The number of nitrogens with one attached hydrogen (secondary N) is 1. The van der Waals surface area contributed by atoms with Gasteiger partial charge in [0.1, 0.15) is 0 Å². The van der Waals surface area contributed by atoms with Crippen LogP contribution in [0.1, 0.15) is 18.4 Å². The number of ether oxygens (including phenoxy) is 2. The van der Waals surface area contributed by atoms with Gasteiger partial charge < -0.3 is 19.9 Å². The number of hydrogen-bond donors (Lipinski definition) is 2.